The second-order valence-corrected chi connectivity index (χ2v) is 4.55. The zero-order valence-corrected chi connectivity index (χ0v) is 12.6. The molecule has 6 heteroatoms. The smallest absolute Gasteiger partial charge is 0.239 e. The van der Waals surface area contributed by atoms with Crippen molar-refractivity contribution in [2.45, 2.75) is 6.54 Å². The fourth-order valence-corrected chi connectivity index (χ4v) is 1.89. The van der Waals surface area contributed by atoms with Crippen LogP contribution in [0, 0.1) is 0 Å². The summed E-state index contributed by atoms with van der Waals surface area (Å²) < 4.78 is 10.4. The molecule has 1 amide bonds. The molecule has 0 atom stereocenters. The quantitative estimate of drug-likeness (QED) is 0.816. The second kappa shape index (κ2) is 7.87. The lowest BCUT2D eigenvalue weighted by Gasteiger charge is -2.12. The summed E-state index contributed by atoms with van der Waals surface area (Å²) in [6, 6.07) is 9.09. The topological polar surface area (TPSA) is 72.5 Å². The number of hydrogen-bond acceptors (Lipinski definition) is 5. The van der Waals surface area contributed by atoms with Crippen LogP contribution in [-0.4, -0.2) is 31.7 Å². The first-order valence-electron chi connectivity index (χ1n) is 6.84. The van der Waals surface area contributed by atoms with Crippen molar-refractivity contribution in [3.05, 3.63) is 48.3 Å². The summed E-state index contributed by atoms with van der Waals surface area (Å²) >= 11 is 0. The van der Waals surface area contributed by atoms with Crippen molar-refractivity contribution in [2.75, 3.05) is 26.1 Å². The van der Waals surface area contributed by atoms with Crippen LogP contribution in [0.4, 0.5) is 5.69 Å². The highest BCUT2D eigenvalue weighted by atomic mass is 16.5. The fourth-order valence-electron chi connectivity index (χ4n) is 1.89. The zero-order valence-electron chi connectivity index (χ0n) is 12.6. The van der Waals surface area contributed by atoms with E-state index in [-0.39, 0.29) is 12.5 Å². The molecule has 1 aromatic heterocycles. The molecule has 0 fully saturated rings. The van der Waals surface area contributed by atoms with Gasteiger partial charge in [0.25, 0.3) is 0 Å². The lowest BCUT2D eigenvalue weighted by atomic mass is 10.2. The monoisotopic (exact) mass is 301 g/mol. The number of rotatable bonds is 7. The highest BCUT2D eigenvalue weighted by molar-refractivity contribution is 5.81. The molecule has 2 N–H and O–H groups in total. The molecular weight excluding hydrogens is 282 g/mol. The van der Waals surface area contributed by atoms with Gasteiger partial charge in [0.2, 0.25) is 5.91 Å². The fraction of sp³-hybridized carbons (Fsp3) is 0.250. The highest BCUT2D eigenvalue weighted by Gasteiger charge is 2.07. The van der Waals surface area contributed by atoms with Crippen molar-refractivity contribution in [3.63, 3.8) is 0 Å². The van der Waals surface area contributed by atoms with Crippen LogP contribution in [0.3, 0.4) is 0 Å². The molecule has 0 saturated heterocycles. The number of nitrogens with one attached hydrogen (secondary N) is 2. The van der Waals surface area contributed by atoms with E-state index in [2.05, 4.69) is 15.6 Å². The summed E-state index contributed by atoms with van der Waals surface area (Å²) in [7, 11) is 3.17. The first kappa shape index (κ1) is 15.6. The molecule has 1 heterocycles. The van der Waals surface area contributed by atoms with Gasteiger partial charge in [-0.2, -0.15) is 0 Å². The SMILES string of the molecule is COc1ccc(OC)c(NCC(=O)NCc2ccncc2)c1. The number of ether oxygens (including phenoxy) is 2. The molecule has 0 aliphatic carbocycles. The minimum Gasteiger partial charge on any atom is -0.497 e. The third kappa shape index (κ3) is 4.37. The van der Waals surface area contributed by atoms with E-state index in [1.54, 1.807) is 44.8 Å². The number of anilines is 1. The molecule has 2 aromatic rings. The summed E-state index contributed by atoms with van der Waals surface area (Å²) in [6.45, 7) is 0.618. The maximum Gasteiger partial charge on any atom is 0.239 e. The predicted octanol–water partition coefficient (Wildman–Crippen LogP) is 1.83. The Morgan fingerprint density at radius 3 is 2.59 bits per heavy atom. The van der Waals surface area contributed by atoms with Crippen molar-refractivity contribution >= 4 is 11.6 Å². The maximum absolute atomic E-state index is 11.9. The molecular formula is C16H19N3O3. The molecule has 0 spiro atoms. The largest absolute Gasteiger partial charge is 0.497 e. The van der Waals surface area contributed by atoms with Gasteiger partial charge in [0.05, 0.1) is 26.5 Å². The molecule has 22 heavy (non-hydrogen) atoms. The molecule has 0 aliphatic heterocycles. The minimum atomic E-state index is -0.110. The maximum atomic E-state index is 11.9. The van der Waals surface area contributed by atoms with Crippen LogP contribution in [0.25, 0.3) is 0 Å². The Morgan fingerprint density at radius 1 is 1.14 bits per heavy atom. The molecule has 0 unspecified atom stereocenters. The van der Waals surface area contributed by atoms with Crippen molar-refractivity contribution in [2.24, 2.45) is 0 Å². The number of methoxy groups -OCH3 is 2. The van der Waals surface area contributed by atoms with Gasteiger partial charge < -0.3 is 20.1 Å². The molecule has 0 saturated carbocycles. The van der Waals surface area contributed by atoms with Gasteiger partial charge in [-0.25, -0.2) is 0 Å². The number of benzene rings is 1. The number of aromatic nitrogens is 1. The molecule has 0 radical (unpaired) electrons. The van der Waals surface area contributed by atoms with Crippen LogP contribution in [0.5, 0.6) is 11.5 Å². The second-order valence-electron chi connectivity index (χ2n) is 4.55. The molecule has 1 aromatic carbocycles. The number of nitrogens with zero attached hydrogens (tertiary/aromatic N) is 1. The standard InChI is InChI=1S/C16H19N3O3/c1-21-13-3-4-15(22-2)14(9-13)18-11-16(20)19-10-12-5-7-17-8-6-12/h3-9,18H,10-11H2,1-2H3,(H,19,20). The summed E-state index contributed by atoms with van der Waals surface area (Å²) in [5, 5.41) is 5.88. The van der Waals surface area contributed by atoms with Gasteiger partial charge in [-0.15, -0.1) is 0 Å². The van der Waals surface area contributed by atoms with E-state index in [4.69, 9.17) is 9.47 Å². The number of hydrogen-bond donors (Lipinski definition) is 2. The van der Waals surface area contributed by atoms with Crippen LogP contribution < -0.4 is 20.1 Å². The van der Waals surface area contributed by atoms with Crippen molar-refractivity contribution in [1.29, 1.82) is 0 Å². The number of carbonyl (C=O) groups excluding carboxylic acids is 1. The lowest BCUT2D eigenvalue weighted by molar-refractivity contribution is -0.119. The number of carbonyl (C=O) groups is 1. The lowest BCUT2D eigenvalue weighted by Crippen LogP contribution is -2.29. The van der Waals surface area contributed by atoms with Crippen LogP contribution in [0.15, 0.2) is 42.7 Å². The van der Waals surface area contributed by atoms with E-state index >= 15 is 0 Å². The molecule has 2 rings (SSSR count). The average molecular weight is 301 g/mol. The third-order valence-electron chi connectivity index (χ3n) is 3.09. The van der Waals surface area contributed by atoms with Gasteiger partial charge in [0, 0.05) is 25.0 Å². The van der Waals surface area contributed by atoms with E-state index in [0.29, 0.717) is 23.7 Å². The molecule has 0 bridgehead atoms. The van der Waals surface area contributed by atoms with E-state index in [0.717, 1.165) is 5.56 Å². The van der Waals surface area contributed by atoms with Crippen LogP contribution >= 0.6 is 0 Å². The average Bonchev–Trinajstić information content (AvgIpc) is 2.58. The Hall–Kier alpha value is -2.76. The van der Waals surface area contributed by atoms with E-state index < -0.39 is 0 Å². The predicted molar refractivity (Wildman–Crippen MR) is 84.1 cm³/mol. The summed E-state index contributed by atoms with van der Waals surface area (Å²) in [5.74, 6) is 1.24. The van der Waals surface area contributed by atoms with E-state index in [1.807, 2.05) is 12.1 Å². The Morgan fingerprint density at radius 2 is 1.91 bits per heavy atom. The molecule has 6 nitrogen and oxygen atoms in total. The van der Waals surface area contributed by atoms with Crippen molar-refractivity contribution in [3.8, 4) is 11.5 Å². The van der Waals surface area contributed by atoms with E-state index in [1.165, 1.54) is 0 Å². The Kier molecular flexibility index (Phi) is 5.59. The molecule has 0 aliphatic rings. The van der Waals surface area contributed by atoms with Gasteiger partial charge in [-0.05, 0) is 29.8 Å². The first-order valence-corrected chi connectivity index (χ1v) is 6.84. The van der Waals surface area contributed by atoms with Gasteiger partial charge in [-0.3, -0.25) is 9.78 Å². The van der Waals surface area contributed by atoms with Crippen LogP contribution in [-0.2, 0) is 11.3 Å². The summed E-state index contributed by atoms with van der Waals surface area (Å²) in [5.41, 5.74) is 1.71. The normalized spacial score (nSPS) is 9.91. The minimum absolute atomic E-state index is 0.110. The first-order chi connectivity index (χ1) is 10.7. The summed E-state index contributed by atoms with van der Waals surface area (Å²) in [4.78, 5) is 15.8. The van der Waals surface area contributed by atoms with Gasteiger partial charge in [-0.1, -0.05) is 0 Å². The number of amides is 1. The van der Waals surface area contributed by atoms with Gasteiger partial charge in [0.1, 0.15) is 11.5 Å². The third-order valence-corrected chi connectivity index (χ3v) is 3.09. The molecule has 116 valence electrons. The van der Waals surface area contributed by atoms with Gasteiger partial charge >= 0.3 is 0 Å². The van der Waals surface area contributed by atoms with E-state index in [9.17, 15) is 4.79 Å². The van der Waals surface area contributed by atoms with Gasteiger partial charge in [0.15, 0.2) is 0 Å². The van der Waals surface area contributed by atoms with Crippen molar-refractivity contribution < 1.29 is 14.3 Å². The van der Waals surface area contributed by atoms with Crippen molar-refractivity contribution in [1.82, 2.24) is 10.3 Å². The summed E-state index contributed by atoms with van der Waals surface area (Å²) in [6.07, 6.45) is 3.39. The Labute approximate surface area is 129 Å². The Bertz CT molecular complexity index is 617. The highest BCUT2D eigenvalue weighted by Crippen LogP contribution is 2.28. The zero-order chi connectivity index (χ0) is 15.8. The van der Waals surface area contributed by atoms with Crippen LogP contribution in [0.2, 0.25) is 0 Å². The van der Waals surface area contributed by atoms with Crippen LogP contribution in [0.1, 0.15) is 5.56 Å². The number of pyridine rings is 1. The Balaban J connectivity index is 1.88.